The summed E-state index contributed by atoms with van der Waals surface area (Å²) in [5, 5.41) is 7.25. The van der Waals surface area contributed by atoms with Gasteiger partial charge in [-0.05, 0) is 75.1 Å². The first-order valence-electron chi connectivity index (χ1n) is 10.2. The molecule has 1 aromatic heterocycles. The third-order valence-electron chi connectivity index (χ3n) is 6.53. The van der Waals surface area contributed by atoms with E-state index in [4.69, 9.17) is 4.98 Å². The average Bonchev–Trinajstić information content (AvgIpc) is 3.26. The Labute approximate surface area is 151 Å². The second kappa shape index (κ2) is 6.31. The molecule has 4 fully saturated rings. The molecule has 1 saturated carbocycles. The minimum absolute atomic E-state index is 0.571. The number of nitrogens with one attached hydrogen (secondary N) is 2. The van der Waals surface area contributed by atoms with Gasteiger partial charge >= 0.3 is 0 Å². The molecule has 5 rings (SSSR count). The smallest absolute Gasteiger partial charge is 0.129 e. The molecule has 4 heterocycles. The lowest BCUT2D eigenvalue weighted by molar-refractivity contribution is 0.361. The number of hydrogen-bond donors (Lipinski definition) is 2. The summed E-state index contributed by atoms with van der Waals surface area (Å²) < 4.78 is 0. The van der Waals surface area contributed by atoms with Gasteiger partial charge in [0.25, 0.3) is 0 Å². The lowest BCUT2D eigenvalue weighted by Crippen LogP contribution is -2.42. The quantitative estimate of drug-likeness (QED) is 0.884. The molecule has 25 heavy (non-hydrogen) atoms. The van der Waals surface area contributed by atoms with E-state index in [0.717, 1.165) is 31.1 Å². The van der Waals surface area contributed by atoms with Crippen LogP contribution in [-0.4, -0.2) is 36.2 Å². The third kappa shape index (κ3) is 3.05. The zero-order valence-corrected chi connectivity index (χ0v) is 15.3. The van der Waals surface area contributed by atoms with Gasteiger partial charge in [-0.3, -0.25) is 0 Å². The predicted molar refractivity (Wildman–Crippen MR) is 102 cm³/mol. The van der Waals surface area contributed by atoms with Crippen molar-refractivity contribution in [2.45, 2.75) is 70.0 Å². The van der Waals surface area contributed by atoms with Crippen molar-refractivity contribution in [3.8, 4) is 0 Å². The van der Waals surface area contributed by atoms with E-state index < -0.39 is 0 Å². The van der Waals surface area contributed by atoms with Crippen LogP contribution in [0.5, 0.6) is 0 Å². The molecule has 0 amide bonds. The highest BCUT2D eigenvalue weighted by atomic mass is 15.3. The Kier molecular flexibility index (Phi) is 3.96. The van der Waals surface area contributed by atoms with Gasteiger partial charge in [-0.15, -0.1) is 0 Å². The number of nitrogens with zero attached hydrogens (tertiary/aromatic N) is 2. The van der Waals surface area contributed by atoms with Gasteiger partial charge in [0.2, 0.25) is 0 Å². The Morgan fingerprint density at radius 2 is 1.96 bits per heavy atom. The monoisotopic (exact) mass is 338 g/mol. The molecule has 3 aliphatic heterocycles. The van der Waals surface area contributed by atoms with E-state index in [2.05, 4.69) is 40.8 Å². The topological polar surface area (TPSA) is 40.2 Å². The first kappa shape index (κ1) is 15.7. The maximum Gasteiger partial charge on any atom is 0.129 e. The maximum atomic E-state index is 4.91. The fraction of sp³-hybridized carbons (Fsp3) is 0.667. The van der Waals surface area contributed by atoms with Crippen LogP contribution in [0.3, 0.4) is 0 Å². The van der Waals surface area contributed by atoms with Crippen molar-refractivity contribution in [1.82, 2.24) is 15.6 Å². The lowest BCUT2D eigenvalue weighted by Gasteiger charge is -2.38. The number of aromatic nitrogens is 1. The van der Waals surface area contributed by atoms with Gasteiger partial charge in [0, 0.05) is 42.1 Å². The van der Waals surface area contributed by atoms with Crippen LogP contribution in [0.4, 0.5) is 5.82 Å². The minimum Gasteiger partial charge on any atom is -0.380 e. The molecule has 2 bridgehead atoms. The molecule has 2 N–H and O–H groups in total. The molecule has 2 unspecified atom stereocenters. The van der Waals surface area contributed by atoms with Gasteiger partial charge < -0.3 is 15.5 Å². The van der Waals surface area contributed by atoms with E-state index in [-0.39, 0.29) is 0 Å². The van der Waals surface area contributed by atoms with Crippen LogP contribution in [0.2, 0.25) is 0 Å². The van der Waals surface area contributed by atoms with Crippen LogP contribution in [0.25, 0.3) is 5.70 Å². The second-order valence-electron chi connectivity index (χ2n) is 8.59. The number of rotatable bonds is 4. The van der Waals surface area contributed by atoms with E-state index in [1.54, 1.807) is 5.57 Å². The maximum absolute atomic E-state index is 4.91. The molecule has 0 aromatic carbocycles. The summed E-state index contributed by atoms with van der Waals surface area (Å²) in [5.74, 6) is 2.08. The van der Waals surface area contributed by atoms with Crippen LogP contribution in [0.15, 0.2) is 23.9 Å². The standard InChI is InChI=1S/C21H30N4/c1-14-10-18-5-6-19(11-14)25(18)20-7-4-16(12-23-20)21(15-2-3-15)24-17-8-9-22-13-17/h4,7,12,14,17-19,22,24H,2-3,5-6,8-11,13H2,1H3/t14?,17-,18?,19?/m1/s1. The van der Waals surface area contributed by atoms with Crippen molar-refractivity contribution in [3.63, 3.8) is 0 Å². The molecule has 4 heteroatoms. The summed E-state index contributed by atoms with van der Waals surface area (Å²) in [6.07, 6.45) is 11.2. The van der Waals surface area contributed by atoms with Crippen molar-refractivity contribution in [2.24, 2.45) is 5.92 Å². The van der Waals surface area contributed by atoms with Crippen LogP contribution >= 0.6 is 0 Å². The Balaban J connectivity index is 1.35. The molecular formula is C21H30N4. The Morgan fingerprint density at radius 3 is 2.56 bits per heavy atom. The molecule has 4 aliphatic rings. The van der Waals surface area contributed by atoms with Crippen LogP contribution in [-0.2, 0) is 0 Å². The van der Waals surface area contributed by atoms with E-state index in [9.17, 15) is 0 Å². The Bertz CT molecular complexity index is 639. The van der Waals surface area contributed by atoms with E-state index in [1.807, 2.05) is 0 Å². The fourth-order valence-corrected chi connectivity index (χ4v) is 5.19. The highest BCUT2D eigenvalue weighted by Crippen LogP contribution is 2.41. The molecule has 0 radical (unpaired) electrons. The van der Waals surface area contributed by atoms with Gasteiger partial charge in [0.05, 0.1) is 0 Å². The number of hydrogen-bond acceptors (Lipinski definition) is 4. The Hall–Kier alpha value is -1.55. The first-order valence-corrected chi connectivity index (χ1v) is 10.2. The SMILES string of the molecule is CC1CC2CCC(C1)N2c1ccc(C(N[C@@H]2CCNC2)=C2CC2)cn1. The van der Waals surface area contributed by atoms with E-state index in [0.29, 0.717) is 6.04 Å². The van der Waals surface area contributed by atoms with Crippen LogP contribution in [0, 0.1) is 5.92 Å². The van der Waals surface area contributed by atoms with Crippen molar-refractivity contribution in [3.05, 3.63) is 29.5 Å². The molecule has 3 atom stereocenters. The minimum atomic E-state index is 0.571. The van der Waals surface area contributed by atoms with Gasteiger partial charge in [-0.2, -0.15) is 0 Å². The third-order valence-corrected chi connectivity index (χ3v) is 6.53. The molecule has 1 aliphatic carbocycles. The largest absolute Gasteiger partial charge is 0.380 e. The molecule has 4 nitrogen and oxygen atoms in total. The van der Waals surface area contributed by atoms with Gasteiger partial charge in [-0.25, -0.2) is 4.98 Å². The molecular weight excluding hydrogens is 308 g/mol. The van der Waals surface area contributed by atoms with Crippen molar-refractivity contribution < 1.29 is 0 Å². The lowest BCUT2D eigenvalue weighted by atomic mass is 9.92. The van der Waals surface area contributed by atoms with Gasteiger partial charge in [0.1, 0.15) is 5.82 Å². The molecule has 134 valence electrons. The summed E-state index contributed by atoms with van der Waals surface area (Å²) >= 11 is 0. The number of allylic oxidation sites excluding steroid dienone is 1. The second-order valence-corrected chi connectivity index (χ2v) is 8.59. The zero-order chi connectivity index (χ0) is 16.8. The van der Waals surface area contributed by atoms with Crippen LogP contribution < -0.4 is 15.5 Å². The molecule has 1 aromatic rings. The molecule has 0 spiro atoms. The van der Waals surface area contributed by atoms with E-state index >= 15 is 0 Å². The van der Waals surface area contributed by atoms with E-state index in [1.165, 1.54) is 62.0 Å². The zero-order valence-electron chi connectivity index (χ0n) is 15.3. The predicted octanol–water partition coefficient (Wildman–Crippen LogP) is 3.31. The summed E-state index contributed by atoms with van der Waals surface area (Å²) in [4.78, 5) is 7.54. The first-order chi connectivity index (χ1) is 12.3. The summed E-state index contributed by atoms with van der Waals surface area (Å²) in [5.41, 5.74) is 4.22. The highest BCUT2D eigenvalue weighted by molar-refractivity contribution is 5.70. The normalized spacial score (nSPS) is 33.6. The average molecular weight is 338 g/mol. The summed E-state index contributed by atoms with van der Waals surface area (Å²) in [7, 11) is 0. The Morgan fingerprint density at radius 1 is 1.16 bits per heavy atom. The summed E-state index contributed by atoms with van der Waals surface area (Å²) in [6, 6.07) is 6.58. The van der Waals surface area contributed by atoms with Gasteiger partial charge in [0.15, 0.2) is 0 Å². The highest BCUT2D eigenvalue weighted by Gasteiger charge is 2.39. The fourth-order valence-electron chi connectivity index (χ4n) is 5.19. The van der Waals surface area contributed by atoms with Crippen molar-refractivity contribution in [2.75, 3.05) is 18.0 Å². The van der Waals surface area contributed by atoms with Crippen molar-refractivity contribution in [1.29, 1.82) is 0 Å². The van der Waals surface area contributed by atoms with Crippen LogP contribution in [0.1, 0.15) is 57.4 Å². The number of pyridine rings is 1. The molecule has 3 saturated heterocycles. The summed E-state index contributed by atoms with van der Waals surface area (Å²) in [6.45, 7) is 4.63. The number of anilines is 1. The number of fused-ring (bicyclic) bond motifs is 2. The van der Waals surface area contributed by atoms with Crippen molar-refractivity contribution >= 4 is 11.5 Å². The van der Waals surface area contributed by atoms with Gasteiger partial charge in [-0.1, -0.05) is 6.92 Å². The number of piperidine rings is 1.